The Balaban J connectivity index is 2.06. The van der Waals surface area contributed by atoms with Crippen LogP contribution in [0.15, 0.2) is 0 Å². The molecule has 1 aromatic heterocycles. The van der Waals surface area contributed by atoms with E-state index in [1.807, 2.05) is 0 Å². The van der Waals surface area contributed by atoms with Crippen LogP contribution in [0.4, 0.5) is 0 Å². The largest absolute Gasteiger partial charge is 0.316 e. The summed E-state index contributed by atoms with van der Waals surface area (Å²) in [6, 6.07) is 0. The number of rotatable bonds is 2. The molecule has 0 amide bonds. The molecule has 0 radical (unpaired) electrons. The first kappa shape index (κ1) is 11.4. The fourth-order valence-corrected chi connectivity index (χ4v) is 2.56. The molecule has 84 valence electrons. The molecule has 0 bridgehead atoms. The van der Waals surface area contributed by atoms with Gasteiger partial charge >= 0.3 is 0 Å². The van der Waals surface area contributed by atoms with E-state index >= 15 is 0 Å². The summed E-state index contributed by atoms with van der Waals surface area (Å²) >= 11 is 2.38. The number of hydrogen-bond donors (Lipinski definition) is 1. The van der Waals surface area contributed by atoms with E-state index in [1.54, 1.807) is 0 Å². The molecule has 0 saturated carbocycles. The summed E-state index contributed by atoms with van der Waals surface area (Å²) in [5.74, 6) is 0.757. The third kappa shape index (κ3) is 2.53. The minimum Gasteiger partial charge on any atom is -0.316 e. The van der Waals surface area contributed by atoms with E-state index in [0.717, 1.165) is 24.7 Å². The normalized spacial score (nSPS) is 21.9. The summed E-state index contributed by atoms with van der Waals surface area (Å²) in [4.78, 5) is 0. The van der Waals surface area contributed by atoms with Gasteiger partial charge < -0.3 is 5.32 Å². The van der Waals surface area contributed by atoms with Gasteiger partial charge in [0.25, 0.3) is 0 Å². The first-order valence-corrected chi connectivity index (χ1v) is 6.66. The van der Waals surface area contributed by atoms with Crippen molar-refractivity contribution in [1.29, 1.82) is 0 Å². The number of nitrogens with one attached hydrogen (secondary N) is 1. The smallest absolute Gasteiger partial charge is 0.0729 e. The Bertz CT molecular complexity index is 340. The van der Waals surface area contributed by atoms with Crippen LogP contribution in [0.2, 0.25) is 0 Å². The average Bonchev–Trinajstić information content (AvgIpc) is 2.48. The highest BCUT2D eigenvalue weighted by Gasteiger charge is 2.16. The Labute approximate surface area is 105 Å². The molecule has 1 aliphatic rings. The number of nitrogens with zero attached hydrogens (tertiary/aromatic N) is 2. The predicted molar refractivity (Wildman–Crippen MR) is 70.0 cm³/mol. The number of aryl methyl sites for hydroxylation is 1. The molecule has 1 aromatic rings. The minimum absolute atomic E-state index is 0.757. The van der Waals surface area contributed by atoms with Crippen molar-refractivity contribution in [1.82, 2.24) is 15.1 Å². The van der Waals surface area contributed by atoms with E-state index in [2.05, 4.69) is 51.5 Å². The van der Waals surface area contributed by atoms with Crippen molar-refractivity contribution >= 4 is 22.6 Å². The maximum atomic E-state index is 4.59. The molecule has 15 heavy (non-hydrogen) atoms. The fraction of sp³-hybridized carbons (Fsp3) is 0.727. The van der Waals surface area contributed by atoms with Crippen molar-refractivity contribution in [2.75, 3.05) is 13.1 Å². The molecule has 0 aromatic carbocycles. The van der Waals surface area contributed by atoms with Crippen LogP contribution in [0.5, 0.6) is 0 Å². The Morgan fingerprint density at radius 2 is 2.33 bits per heavy atom. The van der Waals surface area contributed by atoms with E-state index in [1.165, 1.54) is 28.7 Å². The van der Waals surface area contributed by atoms with Crippen LogP contribution in [0, 0.1) is 23.3 Å². The van der Waals surface area contributed by atoms with Gasteiger partial charge in [0, 0.05) is 12.2 Å². The predicted octanol–water partition coefficient (Wildman–Crippen LogP) is 2.10. The lowest BCUT2D eigenvalue weighted by atomic mass is 10.00. The lowest BCUT2D eigenvalue weighted by Gasteiger charge is -2.23. The molecule has 1 fully saturated rings. The van der Waals surface area contributed by atoms with Crippen LogP contribution in [0.3, 0.4) is 0 Å². The third-order valence-corrected chi connectivity index (χ3v) is 4.68. The summed E-state index contributed by atoms with van der Waals surface area (Å²) in [5, 5.41) is 8.04. The first-order chi connectivity index (χ1) is 7.18. The molecule has 0 aliphatic carbocycles. The maximum absolute atomic E-state index is 4.59. The van der Waals surface area contributed by atoms with Crippen molar-refractivity contribution in [2.45, 2.75) is 33.2 Å². The highest BCUT2D eigenvalue weighted by Crippen LogP contribution is 2.18. The van der Waals surface area contributed by atoms with E-state index in [0.29, 0.717) is 0 Å². The Morgan fingerprint density at radius 1 is 1.53 bits per heavy atom. The van der Waals surface area contributed by atoms with Gasteiger partial charge in [0.1, 0.15) is 0 Å². The van der Waals surface area contributed by atoms with Gasteiger partial charge in [0.05, 0.1) is 9.26 Å². The van der Waals surface area contributed by atoms with Crippen molar-refractivity contribution in [3.63, 3.8) is 0 Å². The van der Waals surface area contributed by atoms with Crippen molar-refractivity contribution in [3.8, 4) is 0 Å². The maximum Gasteiger partial charge on any atom is 0.0729 e. The number of hydrogen-bond acceptors (Lipinski definition) is 2. The second-order valence-corrected chi connectivity index (χ2v) is 5.46. The quantitative estimate of drug-likeness (QED) is 0.846. The first-order valence-electron chi connectivity index (χ1n) is 5.58. The molecule has 1 unspecified atom stereocenters. The van der Waals surface area contributed by atoms with Crippen LogP contribution in [0.1, 0.15) is 24.2 Å². The topological polar surface area (TPSA) is 29.9 Å². The summed E-state index contributed by atoms with van der Waals surface area (Å²) in [5.41, 5.74) is 2.48. The molecular formula is C11H18IN3. The van der Waals surface area contributed by atoms with Gasteiger partial charge in [0.15, 0.2) is 0 Å². The number of piperidine rings is 1. The van der Waals surface area contributed by atoms with Crippen LogP contribution < -0.4 is 5.32 Å². The second-order valence-electron chi connectivity index (χ2n) is 4.38. The van der Waals surface area contributed by atoms with Crippen molar-refractivity contribution < 1.29 is 0 Å². The van der Waals surface area contributed by atoms with Crippen LogP contribution in [-0.4, -0.2) is 22.9 Å². The summed E-state index contributed by atoms with van der Waals surface area (Å²) < 4.78 is 3.49. The summed E-state index contributed by atoms with van der Waals surface area (Å²) in [6.45, 7) is 7.66. The van der Waals surface area contributed by atoms with Gasteiger partial charge in [-0.3, -0.25) is 4.68 Å². The van der Waals surface area contributed by atoms with Crippen LogP contribution in [-0.2, 0) is 6.54 Å². The Morgan fingerprint density at radius 3 is 2.87 bits per heavy atom. The summed E-state index contributed by atoms with van der Waals surface area (Å²) in [7, 11) is 0. The summed E-state index contributed by atoms with van der Waals surface area (Å²) in [6.07, 6.45) is 2.64. The monoisotopic (exact) mass is 319 g/mol. The highest BCUT2D eigenvalue weighted by atomic mass is 127. The van der Waals surface area contributed by atoms with E-state index in [4.69, 9.17) is 0 Å². The van der Waals surface area contributed by atoms with Crippen molar-refractivity contribution in [3.05, 3.63) is 15.0 Å². The van der Waals surface area contributed by atoms with Gasteiger partial charge in [-0.1, -0.05) is 0 Å². The average molecular weight is 319 g/mol. The van der Waals surface area contributed by atoms with E-state index in [-0.39, 0.29) is 0 Å². The van der Waals surface area contributed by atoms with Gasteiger partial charge in [-0.05, 0) is 68.3 Å². The highest BCUT2D eigenvalue weighted by molar-refractivity contribution is 14.1. The number of halogens is 1. The van der Waals surface area contributed by atoms with Gasteiger partial charge in [-0.25, -0.2) is 0 Å². The van der Waals surface area contributed by atoms with Gasteiger partial charge in [0.2, 0.25) is 0 Å². The van der Waals surface area contributed by atoms with Gasteiger partial charge in [-0.15, -0.1) is 0 Å². The fourth-order valence-electron chi connectivity index (χ4n) is 2.18. The van der Waals surface area contributed by atoms with Gasteiger partial charge in [-0.2, -0.15) is 5.10 Å². The zero-order valence-electron chi connectivity index (χ0n) is 9.39. The van der Waals surface area contributed by atoms with E-state index < -0.39 is 0 Å². The molecule has 2 rings (SSSR count). The zero-order chi connectivity index (χ0) is 10.8. The molecule has 4 heteroatoms. The second kappa shape index (κ2) is 4.82. The standard InChI is InChI=1S/C11H18IN3/c1-8-11(12)9(2)15(14-8)7-10-4-3-5-13-6-10/h10,13H,3-7H2,1-2H3. The lowest BCUT2D eigenvalue weighted by molar-refractivity contribution is 0.322. The Kier molecular flexibility index (Phi) is 3.66. The minimum atomic E-state index is 0.757. The third-order valence-electron chi connectivity index (χ3n) is 3.12. The van der Waals surface area contributed by atoms with Crippen LogP contribution >= 0.6 is 22.6 Å². The Hall–Kier alpha value is -0.100. The molecule has 2 heterocycles. The van der Waals surface area contributed by atoms with E-state index in [9.17, 15) is 0 Å². The SMILES string of the molecule is Cc1nn(CC2CCCNC2)c(C)c1I. The molecule has 0 spiro atoms. The van der Waals surface area contributed by atoms with Crippen molar-refractivity contribution in [2.24, 2.45) is 5.92 Å². The molecule has 1 N–H and O–H groups in total. The van der Waals surface area contributed by atoms with Crippen LogP contribution in [0.25, 0.3) is 0 Å². The number of aromatic nitrogens is 2. The molecule has 3 nitrogen and oxygen atoms in total. The molecular weight excluding hydrogens is 301 g/mol. The molecule has 1 aliphatic heterocycles. The molecule has 1 atom stereocenters. The lowest BCUT2D eigenvalue weighted by Crippen LogP contribution is -2.32. The zero-order valence-corrected chi connectivity index (χ0v) is 11.5. The molecule has 1 saturated heterocycles.